The molecule has 0 unspecified atom stereocenters. The smallest absolute Gasteiger partial charge is 0.348 e. The number of carbonyl (C=O) groups excluding carboxylic acids is 1. The monoisotopic (exact) mass is 294 g/mol. The lowest BCUT2D eigenvalue weighted by Crippen LogP contribution is -2.10. The first-order valence-electron chi connectivity index (χ1n) is 6.38. The molecule has 0 radical (unpaired) electrons. The topological polar surface area (TPSA) is 90.1 Å². The van der Waals surface area contributed by atoms with Crippen LogP contribution in [0, 0.1) is 13.8 Å². The molecule has 2 aromatic heterocycles. The van der Waals surface area contributed by atoms with E-state index in [2.05, 4.69) is 15.3 Å². The number of nitrogens with one attached hydrogen (secondary N) is 1. The SMILES string of the molecule is COC(=O)c1sc2nc(C)nc(NCCCN)c2c1C. The molecule has 0 spiro atoms. The molecule has 0 saturated heterocycles. The van der Waals surface area contributed by atoms with E-state index in [9.17, 15) is 4.79 Å². The molecule has 2 rings (SSSR count). The van der Waals surface area contributed by atoms with Crippen LogP contribution in [0.3, 0.4) is 0 Å². The molecule has 0 saturated carbocycles. The summed E-state index contributed by atoms with van der Waals surface area (Å²) in [7, 11) is 1.38. The van der Waals surface area contributed by atoms with Gasteiger partial charge in [0, 0.05) is 6.54 Å². The number of anilines is 1. The molecule has 0 aromatic carbocycles. The van der Waals surface area contributed by atoms with Gasteiger partial charge < -0.3 is 15.8 Å². The van der Waals surface area contributed by atoms with Crippen LogP contribution in [0.25, 0.3) is 10.2 Å². The molecule has 2 aromatic rings. The van der Waals surface area contributed by atoms with E-state index in [0.717, 1.165) is 34.6 Å². The summed E-state index contributed by atoms with van der Waals surface area (Å²) in [5.74, 6) is 1.09. The minimum atomic E-state index is -0.337. The second-order valence-electron chi connectivity index (χ2n) is 4.42. The second-order valence-corrected chi connectivity index (χ2v) is 5.42. The van der Waals surface area contributed by atoms with Crippen LogP contribution in [0.5, 0.6) is 0 Å². The maximum atomic E-state index is 11.8. The molecule has 6 nitrogen and oxygen atoms in total. The predicted molar refractivity (Wildman–Crippen MR) is 80.4 cm³/mol. The molecule has 0 amide bonds. The van der Waals surface area contributed by atoms with Crippen LogP contribution in [-0.4, -0.2) is 36.1 Å². The van der Waals surface area contributed by atoms with Gasteiger partial charge in [-0.2, -0.15) is 0 Å². The van der Waals surface area contributed by atoms with Crippen LogP contribution in [0.2, 0.25) is 0 Å². The highest BCUT2D eigenvalue weighted by Crippen LogP contribution is 2.34. The van der Waals surface area contributed by atoms with E-state index in [1.807, 2.05) is 13.8 Å². The summed E-state index contributed by atoms with van der Waals surface area (Å²) in [6.45, 7) is 5.08. The fraction of sp³-hybridized carbons (Fsp3) is 0.462. The zero-order chi connectivity index (χ0) is 14.7. The van der Waals surface area contributed by atoms with Gasteiger partial charge in [-0.05, 0) is 32.4 Å². The number of thiophene rings is 1. The fourth-order valence-corrected chi connectivity index (χ4v) is 3.11. The summed E-state index contributed by atoms with van der Waals surface area (Å²) < 4.78 is 4.80. The standard InChI is InChI=1S/C13H18N4O2S/c1-7-9-11(15-6-4-5-14)16-8(2)17-12(9)20-10(7)13(18)19-3/h4-6,14H2,1-3H3,(H,15,16,17). The van der Waals surface area contributed by atoms with E-state index in [1.165, 1.54) is 18.4 Å². The normalized spacial score (nSPS) is 10.8. The van der Waals surface area contributed by atoms with Crippen LogP contribution in [0.1, 0.15) is 27.5 Å². The molecular weight excluding hydrogens is 276 g/mol. The molecule has 0 atom stereocenters. The van der Waals surface area contributed by atoms with Gasteiger partial charge in [0.25, 0.3) is 0 Å². The molecule has 0 aliphatic rings. The Morgan fingerprint density at radius 2 is 2.15 bits per heavy atom. The van der Waals surface area contributed by atoms with Gasteiger partial charge in [-0.1, -0.05) is 0 Å². The number of fused-ring (bicyclic) bond motifs is 1. The lowest BCUT2D eigenvalue weighted by Gasteiger charge is -2.07. The van der Waals surface area contributed by atoms with Gasteiger partial charge >= 0.3 is 5.97 Å². The molecule has 0 aliphatic carbocycles. The Hall–Kier alpha value is -1.73. The molecule has 108 valence electrons. The molecule has 0 fully saturated rings. The van der Waals surface area contributed by atoms with E-state index in [0.29, 0.717) is 17.2 Å². The summed E-state index contributed by atoms with van der Waals surface area (Å²) in [4.78, 5) is 22.0. The summed E-state index contributed by atoms with van der Waals surface area (Å²) in [6.07, 6.45) is 0.859. The van der Waals surface area contributed by atoms with Gasteiger partial charge in [0.05, 0.1) is 12.5 Å². The zero-order valence-corrected chi connectivity index (χ0v) is 12.6. The van der Waals surface area contributed by atoms with Crippen LogP contribution in [-0.2, 0) is 4.74 Å². The third-order valence-corrected chi connectivity index (χ3v) is 4.11. The van der Waals surface area contributed by atoms with Crippen molar-refractivity contribution in [2.45, 2.75) is 20.3 Å². The molecular formula is C13H18N4O2S. The Morgan fingerprint density at radius 1 is 1.40 bits per heavy atom. The van der Waals surface area contributed by atoms with Crippen LogP contribution in [0.15, 0.2) is 0 Å². The number of aromatic nitrogens is 2. The highest BCUT2D eigenvalue weighted by molar-refractivity contribution is 7.20. The maximum Gasteiger partial charge on any atom is 0.348 e. The van der Waals surface area contributed by atoms with Gasteiger partial charge in [0.2, 0.25) is 0 Å². The van der Waals surface area contributed by atoms with Crippen molar-refractivity contribution in [2.75, 3.05) is 25.5 Å². The van der Waals surface area contributed by atoms with Gasteiger partial charge in [0.1, 0.15) is 21.3 Å². The molecule has 3 N–H and O–H groups in total. The number of hydrogen-bond donors (Lipinski definition) is 2. The highest BCUT2D eigenvalue weighted by Gasteiger charge is 2.20. The van der Waals surface area contributed by atoms with E-state index in [-0.39, 0.29) is 5.97 Å². The Bertz CT molecular complexity index is 639. The van der Waals surface area contributed by atoms with Crippen LogP contribution in [0.4, 0.5) is 5.82 Å². The van der Waals surface area contributed by atoms with E-state index in [4.69, 9.17) is 10.5 Å². The summed E-state index contributed by atoms with van der Waals surface area (Å²) in [5, 5.41) is 4.15. The maximum absolute atomic E-state index is 11.8. The number of esters is 1. The van der Waals surface area contributed by atoms with Crippen molar-refractivity contribution in [3.63, 3.8) is 0 Å². The number of nitrogens with zero attached hydrogens (tertiary/aromatic N) is 2. The summed E-state index contributed by atoms with van der Waals surface area (Å²) in [5.41, 5.74) is 6.35. The van der Waals surface area contributed by atoms with Gasteiger partial charge in [-0.25, -0.2) is 14.8 Å². The molecule has 7 heteroatoms. The van der Waals surface area contributed by atoms with E-state index in [1.54, 1.807) is 0 Å². The van der Waals surface area contributed by atoms with Crippen molar-refractivity contribution in [3.8, 4) is 0 Å². The summed E-state index contributed by atoms with van der Waals surface area (Å²) in [6, 6.07) is 0. The summed E-state index contributed by atoms with van der Waals surface area (Å²) >= 11 is 1.33. The second kappa shape index (κ2) is 6.15. The molecule has 20 heavy (non-hydrogen) atoms. The van der Waals surface area contributed by atoms with E-state index < -0.39 is 0 Å². The lowest BCUT2D eigenvalue weighted by atomic mass is 10.2. The first-order chi connectivity index (χ1) is 9.58. The zero-order valence-electron chi connectivity index (χ0n) is 11.8. The first-order valence-corrected chi connectivity index (χ1v) is 7.20. The first kappa shape index (κ1) is 14.7. The number of methoxy groups -OCH3 is 1. The number of rotatable bonds is 5. The van der Waals surface area contributed by atoms with Crippen molar-refractivity contribution < 1.29 is 9.53 Å². The number of ether oxygens (including phenoxy) is 1. The Balaban J connectivity index is 2.51. The van der Waals surface area contributed by atoms with Crippen molar-refractivity contribution in [1.29, 1.82) is 0 Å². The van der Waals surface area contributed by atoms with Crippen LogP contribution >= 0.6 is 11.3 Å². The van der Waals surface area contributed by atoms with Crippen molar-refractivity contribution in [1.82, 2.24) is 9.97 Å². The quantitative estimate of drug-likeness (QED) is 0.646. The molecule has 0 aliphatic heterocycles. The van der Waals surface area contributed by atoms with E-state index >= 15 is 0 Å². The minimum Gasteiger partial charge on any atom is -0.465 e. The number of nitrogens with two attached hydrogens (primary N) is 1. The largest absolute Gasteiger partial charge is 0.465 e. The number of carbonyl (C=O) groups is 1. The molecule has 0 bridgehead atoms. The fourth-order valence-electron chi connectivity index (χ4n) is 1.97. The Labute approximate surface area is 121 Å². The number of hydrogen-bond acceptors (Lipinski definition) is 7. The third kappa shape index (κ3) is 2.73. The predicted octanol–water partition coefficient (Wildman–Crippen LogP) is 1.86. The van der Waals surface area contributed by atoms with Crippen molar-refractivity contribution in [2.24, 2.45) is 5.73 Å². The van der Waals surface area contributed by atoms with Crippen molar-refractivity contribution in [3.05, 3.63) is 16.3 Å². The van der Waals surface area contributed by atoms with Gasteiger partial charge in [0.15, 0.2) is 0 Å². The lowest BCUT2D eigenvalue weighted by molar-refractivity contribution is 0.0605. The molecule has 2 heterocycles. The van der Waals surface area contributed by atoms with Crippen LogP contribution < -0.4 is 11.1 Å². The third-order valence-electron chi connectivity index (χ3n) is 2.95. The Morgan fingerprint density at radius 3 is 2.80 bits per heavy atom. The van der Waals surface area contributed by atoms with Gasteiger partial charge in [-0.3, -0.25) is 0 Å². The average molecular weight is 294 g/mol. The van der Waals surface area contributed by atoms with Gasteiger partial charge in [-0.15, -0.1) is 11.3 Å². The highest BCUT2D eigenvalue weighted by atomic mass is 32.1. The number of aryl methyl sites for hydroxylation is 2. The van der Waals surface area contributed by atoms with Crippen molar-refractivity contribution >= 4 is 33.3 Å². The minimum absolute atomic E-state index is 0.337. The average Bonchev–Trinajstić information content (AvgIpc) is 2.75. The Kier molecular flexibility index (Phi) is 4.51.